The molecule has 7 heteroatoms. The monoisotopic (exact) mass is 271 g/mol. The van der Waals surface area contributed by atoms with Crippen LogP contribution < -0.4 is 16.2 Å². The van der Waals surface area contributed by atoms with Gasteiger partial charge in [-0.3, -0.25) is 4.90 Å². The molecular formula is C12H19F2N5. The van der Waals surface area contributed by atoms with Gasteiger partial charge in [0.05, 0.1) is 0 Å². The summed E-state index contributed by atoms with van der Waals surface area (Å²) in [5, 5.41) is 0. The van der Waals surface area contributed by atoms with Gasteiger partial charge in [-0.1, -0.05) is 0 Å². The molecule has 1 aliphatic heterocycles. The average Bonchev–Trinajstić information content (AvgIpc) is 2.39. The Balaban J connectivity index is 2.15. The van der Waals surface area contributed by atoms with Crippen LogP contribution in [-0.4, -0.2) is 42.1 Å². The molecule has 0 aliphatic carbocycles. The van der Waals surface area contributed by atoms with Crippen LogP contribution in [0, 0.1) is 11.6 Å². The Labute approximate surface area is 111 Å². The van der Waals surface area contributed by atoms with E-state index in [1.807, 2.05) is 4.90 Å². The minimum absolute atomic E-state index is 0.136. The third-order valence-electron chi connectivity index (χ3n) is 3.39. The highest BCUT2D eigenvalue weighted by molar-refractivity contribution is 5.49. The van der Waals surface area contributed by atoms with E-state index in [0.29, 0.717) is 19.1 Å². The smallest absolute Gasteiger partial charge is 0.178 e. The first-order valence-corrected chi connectivity index (χ1v) is 6.34. The van der Waals surface area contributed by atoms with E-state index in [9.17, 15) is 8.78 Å². The minimum atomic E-state index is -0.787. The summed E-state index contributed by atoms with van der Waals surface area (Å²) in [5.41, 5.74) is 2.14. The third kappa shape index (κ3) is 2.93. The van der Waals surface area contributed by atoms with Gasteiger partial charge in [0.2, 0.25) is 0 Å². The number of hydrogen-bond acceptors (Lipinski definition) is 5. The van der Waals surface area contributed by atoms with Crippen LogP contribution in [0.2, 0.25) is 0 Å². The number of piperazine rings is 1. The SMILES string of the molecule is CC(C)N1CCN(c2nc(NN)c(F)cc2F)CC1. The van der Waals surface area contributed by atoms with Gasteiger partial charge in [0.15, 0.2) is 23.3 Å². The molecule has 0 amide bonds. The summed E-state index contributed by atoms with van der Waals surface area (Å²) in [7, 11) is 0. The van der Waals surface area contributed by atoms with Crippen molar-refractivity contribution in [3.05, 3.63) is 17.7 Å². The topological polar surface area (TPSA) is 57.4 Å². The summed E-state index contributed by atoms with van der Waals surface area (Å²) >= 11 is 0. The van der Waals surface area contributed by atoms with Gasteiger partial charge < -0.3 is 10.3 Å². The van der Waals surface area contributed by atoms with Crippen LogP contribution in [0.3, 0.4) is 0 Å². The van der Waals surface area contributed by atoms with Gasteiger partial charge >= 0.3 is 0 Å². The van der Waals surface area contributed by atoms with Crippen LogP contribution in [0.15, 0.2) is 6.07 Å². The molecule has 3 N–H and O–H groups in total. The van der Waals surface area contributed by atoms with E-state index in [0.717, 1.165) is 19.2 Å². The van der Waals surface area contributed by atoms with Gasteiger partial charge in [-0.2, -0.15) is 0 Å². The van der Waals surface area contributed by atoms with Crippen LogP contribution in [0.5, 0.6) is 0 Å². The molecule has 1 aliphatic rings. The van der Waals surface area contributed by atoms with Crippen molar-refractivity contribution >= 4 is 11.6 Å². The number of hydrogen-bond donors (Lipinski definition) is 2. The maximum absolute atomic E-state index is 13.8. The molecule has 1 saturated heterocycles. The number of aromatic nitrogens is 1. The lowest BCUT2D eigenvalue weighted by molar-refractivity contribution is 0.208. The molecule has 0 unspecified atom stereocenters. The van der Waals surface area contributed by atoms with E-state index in [-0.39, 0.29) is 11.6 Å². The highest BCUT2D eigenvalue weighted by Gasteiger charge is 2.23. The fraction of sp³-hybridized carbons (Fsp3) is 0.583. The first-order valence-electron chi connectivity index (χ1n) is 6.34. The molecule has 106 valence electrons. The summed E-state index contributed by atoms with van der Waals surface area (Å²) < 4.78 is 27.1. The first-order chi connectivity index (χ1) is 9.02. The molecule has 0 aromatic carbocycles. The van der Waals surface area contributed by atoms with E-state index in [1.54, 1.807) is 0 Å². The Morgan fingerprint density at radius 2 is 1.84 bits per heavy atom. The van der Waals surface area contributed by atoms with Gasteiger partial charge in [-0.15, -0.1) is 0 Å². The van der Waals surface area contributed by atoms with Crippen molar-refractivity contribution in [3.63, 3.8) is 0 Å². The minimum Gasteiger partial charge on any atom is -0.352 e. The lowest BCUT2D eigenvalue weighted by atomic mass is 10.2. The second-order valence-electron chi connectivity index (χ2n) is 4.89. The molecule has 0 bridgehead atoms. The number of nitrogens with two attached hydrogens (primary N) is 1. The number of anilines is 2. The summed E-state index contributed by atoms with van der Waals surface area (Å²) in [6.45, 7) is 7.25. The highest BCUT2D eigenvalue weighted by Crippen LogP contribution is 2.23. The number of nitrogen functional groups attached to an aromatic ring is 1. The standard InChI is InChI=1S/C12H19F2N5/c1-8(2)18-3-5-19(6-4-18)12-10(14)7-9(13)11(16-12)17-15/h7-8H,3-6,15H2,1-2H3,(H,16,17). The molecule has 0 atom stereocenters. The molecule has 19 heavy (non-hydrogen) atoms. The summed E-state index contributed by atoms with van der Waals surface area (Å²) in [5.74, 6) is 3.73. The molecule has 0 radical (unpaired) electrons. The number of halogens is 2. The van der Waals surface area contributed by atoms with Crippen LogP contribution >= 0.6 is 0 Å². The number of nitrogens with zero attached hydrogens (tertiary/aromatic N) is 3. The van der Waals surface area contributed by atoms with Crippen molar-refractivity contribution in [2.45, 2.75) is 19.9 Å². The van der Waals surface area contributed by atoms with Gasteiger partial charge in [0.1, 0.15) is 0 Å². The van der Waals surface area contributed by atoms with Gasteiger partial charge in [-0.05, 0) is 13.8 Å². The highest BCUT2D eigenvalue weighted by atomic mass is 19.1. The molecule has 1 fully saturated rings. The van der Waals surface area contributed by atoms with E-state index >= 15 is 0 Å². The maximum Gasteiger partial charge on any atom is 0.178 e. The van der Waals surface area contributed by atoms with Gasteiger partial charge in [0.25, 0.3) is 0 Å². The Morgan fingerprint density at radius 3 is 2.37 bits per heavy atom. The molecule has 2 heterocycles. The number of pyridine rings is 1. The summed E-state index contributed by atoms with van der Waals surface area (Å²) in [4.78, 5) is 8.02. The zero-order valence-electron chi connectivity index (χ0n) is 11.2. The van der Waals surface area contributed by atoms with Crippen molar-refractivity contribution in [2.75, 3.05) is 36.5 Å². The Hall–Kier alpha value is -1.47. The van der Waals surface area contributed by atoms with Crippen molar-refractivity contribution in [1.82, 2.24) is 9.88 Å². The van der Waals surface area contributed by atoms with Crippen LogP contribution in [-0.2, 0) is 0 Å². The summed E-state index contributed by atoms with van der Waals surface area (Å²) in [6.07, 6.45) is 0. The van der Waals surface area contributed by atoms with Crippen molar-refractivity contribution < 1.29 is 8.78 Å². The van der Waals surface area contributed by atoms with Crippen molar-refractivity contribution in [1.29, 1.82) is 0 Å². The molecule has 1 aromatic rings. The van der Waals surface area contributed by atoms with Gasteiger partial charge in [0, 0.05) is 38.3 Å². The predicted molar refractivity (Wildman–Crippen MR) is 70.9 cm³/mol. The number of nitrogens with one attached hydrogen (secondary N) is 1. The fourth-order valence-electron chi connectivity index (χ4n) is 2.23. The van der Waals surface area contributed by atoms with E-state index in [4.69, 9.17) is 5.84 Å². The van der Waals surface area contributed by atoms with E-state index in [2.05, 4.69) is 29.2 Å². The first kappa shape index (κ1) is 14.0. The average molecular weight is 271 g/mol. The van der Waals surface area contributed by atoms with E-state index in [1.165, 1.54) is 0 Å². The maximum atomic E-state index is 13.8. The Bertz CT molecular complexity index is 444. The fourth-order valence-corrected chi connectivity index (χ4v) is 2.23. The predicted octanol–water partition coefficient (Wildman–Crippen LogP) is 1.18. The lowest BCUT2D eigenvalue weighted by Crippen LogP contribution is -2.49. The third-order valence-corrected chi connectivity index (χ3v) is 3.39. The van der Waals surface area contributed by atoms with Gasteiger partial charge in [-0.25, -0.2) is 19.6 Å². The Morgan fingerprint density at radius 1 is 1.21 bits per heavy atom. The number of rotatable bonds is 3. The normalized spacial score (nSPS) is 17.1. The van der Waals surface area contributed by atoms with Crippen LogP contribution in [0.25, 0.3) is 0 Å². The second kappa shape index (κ2) is 5.66. The molecule has 0 saturated carbocycles. The largest absolute Gasteiger partial charge is 0.352 e. The zero-order chi connectivity index (χ0) is 14.0. The molecule has 1 aromatic heterocycles. The number of hydrazine groups is 1. The molecule has 5 nitrogen and oxygen atoms in total. The molecular weight excluding hydrogens is 252 g/mol. The van der Waals surface area contributed by atoms with Crippen molar-refractivity contribution in [2.24, 2.45) is 5.84 Å². The quantitative estimate of drug-likeness (QED) is 0.638. The van der Waals surface area contributed by atoms with Crippen LogP contribution in [0.1, 0.15) is 13.8 Å². The van der Waals surface area contributed by atoms with E-state index < -0.39 is 11.6 Å². The Kier molecular flexibility index (Phi) is 4.16. The second-order valence-corrected chi connectivity index (χ2v) is 4.89. The van der Waals surface area contributed by atoms with Crippen LogP contribution in [0.4, 0.5) is 20.4 Å². The zero-order valence-corrected chi connectivity index (χ0v) is 11.2. The summed E-state index contributed by atoms with van der Waals surface area (Å²) in [6, 6.07) is 1.28. The lowest BCUT2D eigenvalue weighted by Gasteiger charge is -2.37. The molecule has 0 spiro atoms. The molecule has 2 rings (SSSR count). The van der Waals surface area contributed by atoms with Crippen molar-refractivity contribution in [3.8, 4) is 0 Å².